The summed E-state index contributed by atoms with van der Waals surface area (Å²) in [4.78, 5) is 44.7. The Morgan fingerprint density at radius 3 is 1.22 bits per heavy atom. The number of carbonyl (C=O) groups is 3. The second-order valence-corrected chi connectivity index (χ2v) is 15.6. The number of likely N-dealkylation sites (tertiary alicyclic amines) is 1. The zero-order valence-corrected chi connectivity index (χ0v) is 34.5. The molecule has 3 unspecified atom stereocenters. The maximum atomic E-state index is 13.9. The summed E-state index contributed by atoms with van der Waals surface area (Å²) >= 11 is 0. The highest BCUT2D eigenvalue weighted by Crippen LogP contribution is 2.22. The molecule has 1 saturated heterocycles. The number of piperidine rings is 1. The van der Waals surface area contributed by atoms with E-state index in [1.54, 1.807) is 4.90 Å². The van der Waals surface area contributed by atoms with Crippen molar-refractivity contribution in [2.75, 3.05) is 39.4 Å². The van der Waals surface area contributed by atoms with Crippen LogP contribution in [0.15, 0.2) is 0 Å². The Bertz CT molecular complexity index is 795. The number of unbranched alkanes of at least 4 members (excludes halogenated alkanes) is 16. The molecule has 0 bridgehead atoms. The molecule has 0 aliphatic carbocycles. The van der Waals surface area contributed by atoms with Gasteiger partial charge < -0.3 is 14.4 Å². The minimum absolute atomic E-state index is 0.0374. The molecule has 0 saturated carbocycles. The van der Waals surface area contributed by atoms with E-state index < -0.39 is 0 Å². The van der Waals surface area contributed by atoms with Crippen molar-refractivity contribution in [3.63, 3.8) is 0 Å². The number of rotatable bonds is 34. The first kappa shape index (κ1) is 47.4. The van der Waals surface area contributed by atoms with E-state index in [0.717, 1.165) is 90.1 Å². The maximum Gasteiger partial charge on any atom is 0.308 e. The summed E-state index contributed by atoms with van der Waals surface area (Å²) in [7, 11) is 0. The van der Waals surface area contributed by atoms with Crippen molar-refractivity contribution in [3.8, 4) is 0 Å². The van der Waals surface area contributed by atoms with Gasteiger partial charge in [-0.2, -0.15) is 0 Å². The summed E-state index contributed by atoms with van der Waals surface area (Å²) in [6, 6.07) is -0.241. The number of nitrogens with zero attached hydrogens (tertiary/aromatic N) is 2. The van der Waals surface area contributed by atoms with E-state index in [1.165, 1.54) is 96.3 Å². The minimum atomic E-state index is -0.241. The molecule has 1 fully saturated rings. The van der Waals surface area contributed by atoms with Gasteiger partial charge in [-0.25, -0.2) is 0 Å². The molecule has 3 atom stereocenters. The van der Waals surface area contributed by atoms with Crippen molar-refractivity contribution in [1.82, 2.24) is 9.80 Å². The maximum absolute atomic E-state index is 13.9. The SMILES string of the molecule is CCCCCCCCC(CCCCCC)C(=O)OCCN(CCOC(=O)C(CCCCCC)CCCCCCCC)C(=O)C(C)N1CCCCC1. The van der Waals surface area contributed by atoms with Crippen molar-refractivity contribution in [3.05, 3.63) is 0 Å². The minimum Gasteiger partial charge on any atom is -0.464 e. The van der Waals surface area contributed by atoms with Crippen molar-refractivity contribution in [1.29, 1.82) is 0 Å². The summed E-state index contributed by atoms with van der Waals surface area (Å²) in [6.07, 6.45) is 30.7. The first-order valence-electron chi connectivity index (χ1n) is 22.2. The van der Waals surface area contributed by atoms with E-state index in [2.05, 4.69) is 32.6 Å². The highest BCUT2D eigenvalue weighted by Gasteiger charge is 2.28. The fourth-order valence-electron chi connectivity index (χ4n) is 7.54. The third kappa shape index (κ3) is 23.6. The molecule has 1 rings (SSSR count). The fourth-order valence-corrected chi connectivity index (χ4v) is 7.54. The predicted molar refractivity (Wildman–Crippen MR) is 214 cm³/mol. The molecule has 0 spiro atoms. The number of hydrogen-bond donors (Lipinski definition) is 0. The molecule has 1 amide bonds. The Hall–Kier alpha value is -1.63. The van der Waals surface area contributed by atoms with E-state index >= 15 is 0 Å². The second kappa shape index (κ2) is 33.0. The zero-order valence-electron chi connectivity index (χ0n) is 34.5. The van der Waals surface area contributed by atoms with Gasteiger partial charge in [0.1, 0.15) is 13.2 Å². The summed E-state index contributed by atoms with van der Waals surface area (Å²) in [5.41, 5.74) is 0. The molecule has 0 N–H and O–H groups in total. The molecule has 0 aromatic carbocycles. The summed E-state index contributed by atoms with van der Waals surface area (Å²) in [5, 5.41) is 0. The number of ether oxygens (including phenoxy) is 2. The number of carbonyl (C=O) groups excluding carboxylic acids is 3. The largest absolute Gasteiger partial charge is 0.464 e. The Kier molecular flexibility index (Phi) is 30.6. The highest BCUT2D eigenvalue weighted by atomic mass is 16.5. The van der Waals surface area contributed by atoms with Crippen LogP contribution in [0.1, 0.15) is 208 Å². The van der Waals surface area contributed by atoms with Crippen LogP contribution in [-0.4, -0.2) is 73.1 Å². The van der Waals surface area contributed by atoms with Gasteiger partial charge in [-0.3, -0.25) is 19.3 Å². The van der Waals surface area contributed by atoms with Gasteiger partial charge in [-0.05, 0) is 58.5 Å². The lowest BCUT2D eigenvalue weighted by atomic mass is 9.94. The lowest BCUT2D eigenvalue weighted by Gasteiger charge is -2.35. The topological polar surface area (TPSA) is 76.1 Å². The van der Waals surface area contributed by atoms with Crippen LogP contribution in [-0.2, 0) is 23.9 Å². The van der Waals surface area contributed by atoms with E-state index in [-0.39, 0.29) is 48.9 Å². The Labute approximate surface area is 316 Å². The lowest BCUT2D eigenvalue weighted by molar-refractivity contribution is -0.153. The van der Waals surface area contributed by atoms with Gasteiger partial charge in [0.25, 0.3) is 0 Å². The molecule has 7 heteroatoms. The van der Waals surface area contributed by atoms with Crippen molar-refractivity contribution < 1.29 is 23.9 Å². The first-order valence-corrected chi connectivity index (χ1v) is 22.2. The third-order valence-corrected chi connectivity index (χ3v) is 11.1. The Morgan fingerprint density at radius 2 is 0.843 bits per heavy atom. The van der Waals surface area contributed by atoms with Crippen LogP contribution in [0.4, 0.5) is 0 Å². The molecule has 0 aromatic heterocycles. The lowest BCUT2D eigenvalue weighted by Crippen LogP contribution is -2.50. The number of esters is 2. The normalized spacial score (nSPS) is 15.3. The standard InChI is InChI=1S/C44H84N2O5/c1-6-10-14-18-20-25-31-40(29-23-16-12-8-3)43(48)50-37-35-46(42(47)39(5)45-33-27-22-28-34-45)36-38-51-44(49)41(30-24-17-13-9-4)32-26-21-19-15-11-7-2/h39-41H,6-38H2,1-5H3. The predicted octanol–water partition coefficient (Wildman–Crippen LogP) is 11.5. The summed E-state index contributed by atoms with van der Waals surface area (Å²) in [6.45, 7) is 13.8. The van der Waals surface area contributed by atoms with E-state index in [1.807, 2.05) is 6.92 Å². The Balaban J connectivity index is 2.82. The van der Waals surface area contributed by atoms with Crippen LogP contribution in [0.2, 0.25) is 0 Å². The molecule has 0 radical (unpaired) electrons. The highest BCUT2D eigenvalue weighted by molar-refractivity contribution is 5.81. The first-order chi connectivity index (χ1) is 24.9. The van der Waals surface area contributed by atoms with Gasteiger partial charge in [0.2, 0.25) is 5.91 Å². The zero-order chi connectivity index (χ0) is 37.4. The average molecular weight is 721 g/mol. The van der Waals surface area contributed by atoms with Gasteiger partial charge in [0, 0.05) is 0 Å². The molecule has 1 aliphatic rings. The number of amides is 1. The quantitative estimate of drug-likeness (QED) is 0.0486. The van der Waals surface area contributed by atoms with Gasteiger partial charge in [-0.15, -0.1) is 0 Å². The average Bonchev–Trinajstić information content (AvgIpc) is 3.14. The van der Waals surface area contributed by atoms with Gasteiger partial charge >= 0.3 is 11.9 Å². The Morgan fingerprint density at radius 1 is 0.510 bits per heavy atom. The van der Waals surface area contributed by atoms with Crippen LogP contribution in [0.3, 0.4) is 0 Å². The molecular formula is C44H84N2O5. The van der Waals surface area contributed by atoms with E-state index in [0.29, 0.717) is 13.1 Å². The fraction of sp³-hybridized carbons (Fsp3) is 0.932. The van der Waals surface area contributed by atoms with Gasteiger partial charge in [0.05, 0.1) is 31.0 Å². The molecule has 300 valence electrons. The van der Waals surface area contributed by atoms with Crippen molar-refractivity contribution in [2.45, 2.75) is 214 Å². The van der Waals surface area contributed by atoms with Crippen LogP contribution < -0.4 is 0 Å². The van der Waals surface area contributed by atoms with Crippen molar-refractivity contribution >= 4 is 17.8 Å². The molecule has 1 heterocycles. The molecule has 1 aliphatic heterocycles. The third-order valence-electron chi connectivity index (χ3n) is 11.1. The second-order valence-electron chi connectivity index (χ2n) is 15.6. The van der Waals surface area contributed by atoms with Crippen LogP contribution in [0.5, 0.6) is 0 Å². The molecule has 0 aromatic rings. The smallest absolute Gasteiger partial charge is 0.308 e. The van der Waals surface area contributed by atoms with E-state index in [9.17, 15) is 14.4 Å². The monoisotopic (exact) mass is 721 g/mol. The molecule has 7 nitrogen and oxygen atoms in total. The summed E-state index contributed by atoms with van der Waals surface area (Å²) < 4.78 is 11.8. The van der Waals surface area contributed by atoms with Crippen LogP contribution in [0, 0.1) is 11.8 Å². The number of hydrogen-bond acceptors (Lipinski definition) is 6. The summed E-state index contributed by atoms with van der Waals surface area (Å²) in [5.74, 6) is -0.305. The van der Waals surface area contributed by atoms with Gasteiger partial charge in [0.15, 0.2) is 0 Å². The molecule has 51 heavy (non-hydrogen) atoms. The van der Waals surface area contributed by atoms with Crippen LogP contribution in [0.25, 0.3) is 0 Å². The van der Waals surface area contributed by atoms with Crippen molar-refractivity contribution in [2.24, 2.45) is 11.8 Å². The van der Waals surface area contributed by atoms with Gasteiger partial charge in [-0.1, -0.05) is 163 Å². The molecular weight excluding hydrogens is 636 g/mol. The van der Waals surface area contributed by atoms with E-state index in [4.69, 9.17) is 9.47 Å². The van der Waals surface area contributed by atoms with Crippen LogP contribution >= 0.6 is 0 Å².